The van der Waals surface area contributed by atoms with Crippen molar-refractivity contribution in [2.24, 2.45) is 0 Å². The van der Waals surface area contributed by atoms with Gasteiger partial charge in [0.05, 0.1) is 13.2 Å². The lowest BCUT2D eigenvalue weighted by molar-refractivity contribution is 0.0742. The van der Waals surface area contributed by atoms with E-state index in [0.717, 1.165) is 22.4 Å². The summed E-state index contributed by atoms with van der Waals surface area (Å²) in [5.74, 6) is 0.848. The van der Waals surface area contributed by atoms with E-state index in [4.69, 9.17) is 4.74 Å². The molecule has 2 rings (SSSR count). The molecule has 0 saturated heterocycles. The molecule has 0 radical (unpaired) electrons. The summed E-state index contributed by atoms with van der Waals surface area (Å²) in [5.41, 5.74) is 2.89. The highest BCUT2D eigenvalue weighted by atomic mass is 16.5. The SMILES string of the molecule is COc1ccc(C(C)N(C)C(=O)c2cccc(C)c2)cc1. The number of benzene rings is 2. The number of rotatable bonds is 4. The number of hydrogen-bond donors (Lipinski definition) is 0. The third-order valence-corrected chi connectivity index (χ3v) is 3.76. The molecule has 0 aliphatic rings. The predicted octanol–water partition coefficient (Wildman–Crippen LogP) is 3.84. The Morgan fingerprint density at radius 1 is 1.14 bits per heavy atom. The van der Waals surface area contributed by atoms with E-state index in [1.54, 1.807) is 12.0 Å². The lowest BCUT2D eigenvalue weighted by atomic mass is 10.1. The zero-order valence-electron chi connectivity index (χ0n) is 13.0. The first kappa shape index (κ1) is 15.1. The Morgan fingerprint density at radius 2 is 1.81 bits per heavy atom. The molecule has 3 heteroatoms. The predicted molar refractivity (Wildman–Crippen MR) is 84.7 cm³/mol. The lowest BCUT2D eigenvalue weighted by Gasteiger charge is -2.25. The average molecular weight is 283 g/mol. The zero-order chi connectivity index (χ0) is 15.4. The van der Waals surface area contributed by atoms with Crippen LogP contribution in [0.2, 0.25) is 0 Å². The van der Waals surface area contributed by atoms with Crippen LogP contribution in [0.15, 0.2) is 48.5 Å². The van der Waals surface area contributed by atoms with E-state index in [1.807, 2.05) is 69.4 Å². The molecule has 0 spiro atoms. The van der Waals surface area contributed by atoms with Crippen molar-refractivity contribution < 1.29 is 9.53 Å². The molecular weight excluding hydrogens is 262 g/mol. The van der Waals surface area contributed by atoms with Crippen molar-refractivity contribution >= 4 is 5.91 Å². The van der Waals surface area contributed by atoms with Gasteiger partial charge in [0, 0.05) is 12.6 Å². The van der Waals surface area contributed by atoms with E-state index < -0.39 is 0 Å². The van der Waals surface area contributed by atoms with Crippen molar-refractivity contribution in [1.82, 2.24) is 4.90 Å². The first-order chi connectivity index (χ1) is 10.0. The summed E-state index contributed by atoms with van der Waals surface area (Å²) in [6.45, 7) is 4.01. The number of hydrogen-bond acceptors (Lipinski definition) is 2. The van der Waals surface area contributed by atoms with Crippen molar-refractivity contribution in [3.8, 4) is 5.75 Å². The average Bonchev–Trinajstić information content (AvgIpc) is 2.53. The van der Waals surface area contributed by atoms with Gasteiger partial charge >= 0.3 is 0 Å². The van der Waals surface area contributed by atoms with Crippen LogP contribution in [0.4, 0.5) is 0 Å². The van der Waals surface area contributed by atoms with E-state index in [1.165, 1.54) is 0 Å². The maximum absolute atomic E-state index is 12.5. The molecule has 21 heavy (non-hydrogen) atoms. The molecule has 0 heterocycles. The maximum atomic E-state index is 12.5. The summed E-state index contributed by atoms with van der Waals surface area (Å²) in [5, 5.41) is 0. The minimum absolute atomic E-state index is 0.00363. The van der Waals surface area contributed by atoms with E-state index in [0.29, 0.717) is 0 Å². The number of amides is 1. The van der Waals surface area contributed by atoms with Gasteiger partial charge in [0.15, 0.2) is 0 Å². The smallest absolute Gasteiger partial charge is 0.254 e. The Labute approximate surface area is 126 Å². The van der Waals surface area contributed by atoms with Crippen LogP contribution >= 0.6 is 0 Å². The molecule has 1 unspecified atom stereocenters. The van der Waals surface area contributed by atoms with Gasteiger partial charge in [-0.1, -0.05) is 29.8 Å². The first-order valence-electron chi connectivity index (χ1n) is 7.00. The molecular formula is C18H21NO2. The second-order valence-electron chi connectivity index (χ2n) is 5.23. The minimum Gasteiger partial charge on any atom is -0.497 e. The highest BCUT2D eigenvalue weighted by molar-refractivity contribution is 5.94. The van der Waals surface area contributed by atoms with Gasteiger partial charge in [-0.3, -0.25) is 4.79 Å². The molecule has 0 aliphatic carbocycles. The second kappa shape index (κ2) is 6.44. The lowest BCUT2D eigenvalue weighted by Crippen LogP contribution is -2.29. The molecule has 0 aliphatic heterocycles. The minimum atomic E-state index is 0.00363. The van der Waals surface area contributed by atoms with Crippen LogP contribution in [0.25, 0.3) is 0 Å². The Morgan fingerprint density at radius 3 is 2.38 bits per heavy atom. The van der Waals surface area contributed by atoms with Crippen LogP contribution in [0, 0.1) is 6.92 Å². The van der Waals surface area contributed by atoms with Gasteiger partial charge < -0.3 is 9.64 Å². The standard InChI is InChI=1S/C18H21NO2/c1-13-6-5-7-16(12-13)18(20)19(3)14(2)15-8-10-17(21-4)11-9-15/h5-12,14H,1-4H3. The summed E-state index contributed by atoms with van der Waals surface area (Å²) >= 11 is 0. The largest absolute Gasteiger partial charge is 0.497 e. The molecule has 0 N–H and O–H groups in total. The second-order valence-corrected chi connectivity index (χ2v) is 5.23. The Balaban J connectivity index is 2.17. The van der Waals surface area contributed by atoms with Gasteiger partial charge in [0.25, 0.3) is 5.91 Å². The summed E-state index contributed by atoms with van der Waals surface area (Å²) in [4.78, 5) is 14.3. The van der Waals surface area contributed by atoms with Crippen molar-refractivity contribution in [1.29, 1.82) is 0 Å². The highest BCUT2D eigenvalue weighted by Gasteiger charge is 2.18. The quantitative estimate of drug-likeness (QED) is 0.853. The van der Waals surface area contributed by atoms with Crippen LogP contribution in [0.3, 0.4) is 0 Å². The number of nitrogens with zero attached hydrogens (tertiary/aromatic N) is 1. The van der Waals surface area contributed by atoms with Gasteiger partial charge in [0.2, 0.25) is 0 Å². The summed E-state index contributed by atoms with van der Waals surface area (Å²) in [6, 6.07) is 15.5. The van der Waals surface area contributed by atoms with E-state index >= 15 is 0 Å². The third-order valence-electron chi connectivity index (χ3n) is 3.76. The fraction of sp³-hybridized carbons (Fsp3) is 0.278. The molecule has 3 nitrogen and oxygen atoms in total. The van der Waals surface area contributed by atoms with Crippen molar-refractivity contribution in [2.45, 2.75) is 19.9 Å². The van der Waals surface area contributed by atoms with E-state index in [-0.39, 0.29) is 11.9 Å². The molecule has 0 aromatic heterocycles. The van der Waals surface area contributed by atoms with Crippen LogP contribution < -0.4 is 4.74 Å². The molecule has 110 valence electrons. The first-order valence-corrected chi connectivity index (χ1v) is 7.00. The monoisotopic (exact) mass is 283 g/mol. The maximum Gasteiger partial charge on any atom is 0.254 e. The van der Waals surface area contributed by atoms with Crippen molar-refractivity contribution in [3.05, 3.63) is 65.2 Å². The molecule has 2 aromatic carbocycles. The van der Waals surface area contributed by atoms with Crippen LogP contribution in [-0.2, 0) is 0 Å². The van der Waals surface area contributed by atoms with E-state index in [9.17, 15) is 4.79 Å². The summed E-state index contributed by atoms with van der Waals surface area (Å²) in [6.07, 6.45) is 0. The number of aryl methyl sites for hydroxylation is 1. The van der Waals surface area contributed by atoms with Gasteiger partial charge in [-0.2, -0.15) is 0 Å². The number of carbonyl (C=O) groups is 1. The molecule has 1 atom stereocenters. The van der Waals surface area contributed by atoms with Crippen LogP contribution in [-0.4, -0.2) is 25.0 Å². The molecule has 1 amide bonds. The van der Waals surface area contributed by atoms with Crippen molar-refractivity contribution in [2.75, 3.05) is 14.2 Å². The summed E-state index contributed by atoms with van der Waals surface area (Å²) in [7, 11) is 3.48. The van der Waals surface area contributed by atoms with E-state index in [2.05, 4.69) is 0 Å². The van der Waals surface area contributed by atoms with Crippen molar-refractivity contribution in [3.63, 3.8) is 0 Å². The number of carbonyl (C=O) groups excluding carboxylic acids is 1. The van der Waals surface area contributed by atoms with Gasteiger partial charge in [-0.25, -0.2) is 0 Å². The van der Waals surface area contributed by atoms with Gasteiger partial charge in [-0.15, -0.1) is 0 Å². The number of methoxy groups -OCH3 is 1. The zero-order valence-corrected chi connectivity index (χ0v) is 13.0. The third kappa shape index (κ3) is 3.43. The van der Waals surface area contributed by atoms with Gasteiger partial charge in [-0.05, 0) is 43.7 Å². The fourth-order valence-electron chi connectivity index (χ4n) is 2.26. The molecule has 0 saturated carbocycles. The molecule has 0 fully saturated rings. The summed E-state index contributed by atoms with van der Waals surface area (Å²) < 4.78 is 5.16. The fourth-order valence-corrected chi connectivity index (χ4v) is 2.26. The Kier molecular flexibility index (Phi) is 4.63. The topological polar surface area (TPSA) is 29.5 Å². The van der Waals surface area contributed by atoms with Crippen LogP contribution in [0.5, 0.6) is 5.75 Å². The Bertz CT molecular complexity index is 619. The highest BCUT2D eigenvalue weighted by Crippen LogP contribution is 2.23. The van der Waals surface area contributed by atoms with Crippen LogP contribution in [0.1, 0.15) is 34.5 Å². The normalized spacial score (nSPS) is 11.8. The molecule has 0 bridgehead atoms. The molecule has 2 aromatic rings. The number of ether oxygens (including phenoxy) is 1. The Hall–Kier alpha value is -2.29. The van der Waals surface area contributed by atoms with Gasteiger partial charge in [0.1, 0.15) is 5.75 Å².